The molecule has 2 N–H and O–H groups in total. The van der Waals surface area contributed by atoms with Gasteiger partial charge in [0, 0.05) is 6.07 Å². The Kier molecular flexibility index (Phi) is 2.17. The molecule has 0 fully saturated rings. The van der Waals surface area contributed by atoms with Gasteiger partial charge >= 0.3 is 5.97 Å². The number of aromatic carboxylic acids is 1. The molecule has 76 valence electrons. The van der Waals surface area contributed by atoms with Crippen molar-refractivity contribution in [2.75, 3.05) is 0 Å². The van der Waals surface area contributed by atoms with Crippen molar-refractivity contribution in [3.05, 3.63) is 29.0 Å². The highest BCUT2D eigenvalue weighted by molar-refractivity contribution is 6.29. The van der Waals surface area contributed by atoms with Crippen molar-refractivity contribution in [1.29, 1.82) is 0 Å². The van der Waals surface area contributed by atoms with Crippen LogP contribution < -0.4 is 0 Å². The quantitative estimate of drug-likeness (QED) is 0.720. The summed E-state index contributed by atoms with van der Waals surface area (Å²) >= 11 is 5.63. The van der Waals surface area contributed by atoms with Gasteiger partial charge in [-0.1, -0.05) is 11.6 Å². The summed E-state index contributed by atoms with van der Waals surface area (Å²) in [6.07, 6.45) is 0. The Labute approximate surface area is 89.0 Å². The normalized spacial score (nSPS) is 10.5. The molecule has 0 saturated carbocycles. The molecule has 0 radical (unpaired) electrons. The number of nitrogens with zero attached hydrogens (tertiary/aromatic N) is 2. The van der Waals surface area contributed by atoms with Gasteiger partial charge in [-0.15, -0.1) is 0 Å². The van der Waals surface area contributed by atoms with E-state index in [0.717, 1.165) is 6.07 Å². The fraction of sp³-hybridized carbons (Fsp3) is 0. The van der Waals surface area contributed by atoms with E-state index < -0.39 is 5.97 Å². The second kappa shape index (κ2) is 3.36. The van der Waals surface area contributed by atoms with Crippen LogP contribution in [0.3, 0.4) is 0 Å². The predicted octanol–water partition coefficient (Wildman–Crippen LogP) is 1.69. The first-order chi connectivity index (χ1) is 7.08. The second-order valence-corrected chi connectivity index (χ2v) is 3.22. The highest BCUT2D eigenvalue weighted by Gasteiger charge is 2.11. The van der Waals surface area contributed by atoms with Crippen molar-refractivity contribution >= 4 is 28.6 Å². The third-order valence-electron chi connectivity index (χ3n) is 1.82. The van der Waals surface area contributed by atoms with E-state index in [1.54, 1.807) is 0 Å². The minimum atomic E-state index is -1.21. The largest absolute Gasteiger partial charge is 0.506 e. The molecule has 0 aromatic carbocycles. The van der Waals surface area contributed by atoms with Crippen LogP contribution in [0.4, 0.5) is 0 Å². The van der Waals surface area contributed by atoms with Gasteiger partial charge in [-0.3, -0.25) is 0 Å². The smallest absolute Gasteiger partial charge is 0.354 e. The van der Waals surface area contributed by atoms with Crippen LogP contribution in [0.2, 0.25) is 5.15 Å². The van der Waals surface area contributed by atoms with E-state index in [2.05, 4.69) is 9.97 Å². The zero-order valence-electron chi connectivity index (χ0n) is 7.31. The van der Waals surface area contributed by atoms with E-state index in [4.69, 9.17) is 16.7 Å². The Balaban J connectivity index is 2.78. The van der Waals surface area contributed by atoms with Crippen LogP contribution >= 0.6 is 11.6 Å². The molecule has 2 heterocycles. The SMILES string of the molecule is O=C(O)c1cc(O)c2nc(Cl)ccc2n1. The number of aromatic hydroxyl groups is 1. The molecule has 0 aliphatic heterocycles. The van der Waals surface area contributed by atoms with E-state index in [-0.39, 0.29) is 27.6 Å². The van der Waals surface area contributed by atoms with Crippen LogP contribution in [0.1, 0.15) is 10.5 Å². The molecular weight excluding hydrogens is 220 g/mol. The van der Waals surface area contributed by atoms with Gasteiger partial charge in [-0.05, 0) is 12.1 Å². The summed E-state index contributed by atoms with van der Waals surface area (Å²) in [5.74, 6) is -1.46. The summed E-state index contributed by atoms with van der Waals surface area (Å²) in [4.78, 5) is 18.3. The first-order valence-electron chi connectivity index (χ1n) is 3.97. The van der Waals surface area contributed by atoms with Crippen molar-refractivity contribution in [3.63, 3.8) is 0 Å². The number of pyridine rings is 2. The number of hydrogen-bond acceptors (Lipinski definition) is 4. The third-order valence-corrected chi connectivity index (χ3v) is 2.03. The van der Waals surface area contributed by atoms with Crippen LogP contribution in [-0.2, 0) is 0 Å². The van der Waals surface area contributed by atoms with Gasteiger partial charge in [-0.25, -0.2) is 14.8 Å². The van der Waals surface area contributed by atoms with Crippen molar-refractivity contribution in [1.82, 2.24) is 9.97 Å². The molecule has 15 heavy (non-hydrogen) atoms. The molecule has 0 saturated heterocycles. The summed E-state index contributed by atoms with van der Waals surface area (Å²) in [5.41, 5.74) is 0.244. The molecule has 2 aromatic heterocycles. The van der Waals surface area contributed by atoms with Gasteiger partial charge < -0.3 is 10.2 Å². The number of halogens is 1. The number of carbonyl (C=O) groups is 1. The van der Waals surface area contributed by atoms with Crippen molar-refractivity contribution in [2.45, 2.75) is 0 Å². The summed E-state index contributed by atoms with van der Waals surface area (Å²) in [5, 5.41) is 18.4. The zero-order chi connectivity index (χ0) is 11.0. The van der Waals surface area contributed by atoms with Crippen LogP contribution in [0.5, 0.6) is 5.75 Å². The van der Waals surface area contributed by atoms with Gasteiger partial charge in [0.25, 0.3) is 0 Å². The zero-order valence-corrected chi connectivity index (χ0v) is 8.06. The van der Waals surface area contributed by atoms with E-state index in [1.807, 2.05) is 0 Å². The highest BCUT2D eigenvalue weighted by atomic mass is 35.5. The Bertz CT molecular complexity index is 556. The summed E-state index contributed by atoms with van der Waals surface area (Å²) in [6.45, 7) is 0. The molecule has 6 heteroatoms. The number of fused-ring (bicyclic) bond motifs is 1. The lowest BCUT2D eigenvalue weighted by molar-refractivity contribution is 0.0690. The lowest BCUT2D eigenvalue weighted by atomic mass is 10.2. The predicted molar refractivity (Wildman–Crippen MR) is 53.2 cm³/mol. The Morgan fingerprint density at radius 1 is 1.33 bits per heavy atom. The van der Waals surface area contributed by atoms with Crippen LogP contribution in [-0.4, -0.2) is 26.2 Å². The number of aromatic nitrogens is 2. The van der Waals surface area contributed by atoms with Crippen LogP contribution in [0, 0.1) is 0 Å². The molecule has 2 aromatic rings. The fourth-order valence-corrected chi connectivity index (χ4v) is 1.32. The third kappa shape index (κ3) is 1.69. The van der Waals surface area contributed by atoms with Crippen molar-refractivity contribution in [3.8, 4) is 5.75 Å². The van der Waals surface area contributed by atoms with Crippen molar-refractivity contribution < 1.29 is 15.0 Å². The minimum absolute atomic E-state index is 0.188. The van der Waals surface area contributed by atoms with Gasteiger partial charge in [0.1, 0.15) is 16.4 Å². The molecule has 0 spiro atoms. The second-order valence-electron chi connectivity index (χ2n) is 2.83. The summed E-state index contributed by atoms with van der Waals surface area (Å²) in [7, 11) is 0. The molecule has 0 atom stereocenters. The molecule has 0 aliphatic rings. The van der Waals surface area contributed by atoms with Gasteiger partial charge in [0.2, 0.25) is 0 Å². The molecule has 0 aliphatic carbocycles. The maximum atomic E-state index is 10.6. The van der Waals surface area contributed by atoms with Gasteiger partial charge in [-0.2, -0.15) is 0 Å². The first-order valence-corrected chi connectivity index (χ1v) is 4.35. The number of carboxylic acids is 1. The molecule has 0 amide bonds. The topological polar surface area (TPSA) is 83.3 Å². The van der Waals surface area contributed by atoms with E-state index >= 15 is 0 Å². The fourth-order valence-electron chi connectivity index (χ4n) is 1.18. The monoisotopic (exact) mass is 224 g/mol. The molecule has 2 rings (SSSR count). The van der Waals surface area contributed by atoms with Crippen molar-refractivity contribution in [2.24, 2.45) is 0 Å². The Hall–Kier alpha value is -1.88. The summed E-state index contributed by atoms with van der Waals surface area (Å²) < 4.78 is 0. The van der Waals surface area contributed by atoms with Gasteiger partial charge in [0.05, 0.1) is 5.52 Å². The lowest BCUT2D eigenvalue weighted by Gasteiger charge is -2.01. The Morgan fingerprint density at radius 2 is 2.07 bits per heavy atom. The highest BCUT2D eigenvalue weighted by Crippen LogP contribution is 2.23. The number of rotatable bonds is 1. The van der Waals surface area contributed by atoms with Gasteiger partial charge in [0.15, 0.2) is 5.69 Å². The summed E-state index contributed by atoms with van der Waals surface area (Å²) in [6, 6.07) is 4.01. The molecular formula is C9H5ClN2O3. The van der Waals surface area contributed by atoms with Crippen LogP contribution in [0.25, 0.3) is 11.0 Å². The average molecular weight is 225 g/mol. The molecule has 0 unspecified atom stereocenters. The minimum Gasteiger partial charge on any atom is -0.506 e. The first kappa shape index (κ1) is 9.67. The maximum Gasteiger partial charge on any atom is 0.354 e. The van der Waals surface area contributed by atoms with E-state index in [1.165, 1.54) is 12.1 Å². The maximum absolute atomic E-state index is 10.6. The van der Waals surface area contributed by atoms with E-state index in [9.17, 15) is 9.90 Å². The molecule has 5 nitrogen and oxygen atoms in total. The molecule has 0 bridgehead atoms. The number of carboxylic acid groups (broad SMARTS) is 1. The average Bonchev–Trinajstić information content (AvgIpc) is 2.18. The standard InChI is InChI=1S/C9H5ClN2O3/c10-7-2-1-4-8(12-7)6(13)3-5(11-4)9(14)15/h1-3H,(H,11,13)(H,14,15). The van der Waals surface area contributed by atoms with E-state index in [0.29, 0.717) is 0 Å². The Morgan fingerprint density at radius 3 is 2.73 bits per heavy atom. The van der Waals surface area contributed by atoms with Crippen LogP contribution in [0.15, 0.2) is 18.2 Å². The number of hydrogen-bond donors (Lipinski definition) is 2. The lowest BCUT2D eigenvalue weighted by Crippen LogP contribution is -2.00.